The topological polar surface area (TPSA) is 42.0 Å². The second kappa shape index (κ2) is 7.83. The highest BCUT2D eigenvalue weighted by molar-refractivity contribution is 7.15. The standard InChI is InChI=1S/C22H22N2OS/c25-21(24-22-23-19-13-7-8-14-20(19)26-22)15-18(16-9-3-1-4-10-16)17-11-5-2-6-12-17/h1-6,9-12,18H,7-8,13-15H2,(H,23,24,25). The first kappa shape index (κ1) is 17.0. The molecule has 1 aliphatic carbocycles. The molecule has 0 saturated carbocycles. The fourth-order valence-corrected chi connectivity index (χ4v) is 4.63. The predicted molar refractivity (Wildman–Crippen MR) is 107 cm³/mol. The molecule has 3 nitrogen and oxygen atoms in total. The molecule has 4 rings (SSSR count). The average Bonchev–Trinajstić information content (AvgIpc) is 3.09. The summed E-state index contributed by atoms with van der Waals surface area (Å²) in [4.78, 5) is 18.7. The van der Waals surface area contributed by atoms with Crippen LogP contribution in [0.3, 0.4) is 0 Å². The van der Waals surface area contributed by atoms with Gasteiger partial charge < -0.3 is 5.32 Å². The quantitative estimate of drug-likeness (QED) is 0.679. The maximum absolute atomic E-state index is 12.7. The Bertz CT molecular complexity index is 811. The first-order valence-corrected chi connectivity index (χ1v) is 9.99. The van der Waals surface area contributed by atoms with E-state index in [-0.39, 0.29) is 11.8 Å². The van der Waals surface area contributed by atoms with Gasteiger partial charge >= 0.3 is 0 Å². The Morgan fingerprint density at radius 3 is 2.19 bits per heavy atom. The molecule has 1 amide bonds. The Labute approximate surface area is 158 Å². The number of thiazole rings is 1. The van der Waals surface area contributed by atoms with Crippen molar-refractivity contribution in [1.82, 2.24) is 4.98 Å². The van der Waals surface area contributed by atoms with Gasteiger partial charge in [-0.15, -0.1) is 11.3 Å². The highest BCUT2D eigenvalue weighted by atomic mass is 32.1. The Balaban J connectivity index is 1.52. The van der Waals surface area contributed by atoms with E-state index in [1.807, 2.05) is 36.4 Å². The van der Waals surface area contributed by atoms with E-state index in [2.05, 4.69) is 34.6 Å². The van der Waals surface area contributed by atoms with Gasteiger partial charge in [0.15, 0.2) is 5.13 Å². The number of carbonyl (C=O) groups is 1. The average molecular weight is 362 g/mol. The van der Waals surface area contributed by atoms with Crippen LogP contribution in [0, 0.1) is 0 Å². The monoisotopic (exact) mass is 362 g/mol. The van der Waals surface area contributed by atoms with Crippen LogP contribution in [0.25, 0.3) is 0 Å². The van der Waals surface area contributed by atoms with Gasteiger partial charge in [0.2, 0.25) is 5.91 Å². The van der Waals surface area contributed by atoms with Crippen LogP contribution in [-0.4, -0.2) is 10.9 Å². The highest BCUT2D eigenvalue weighted by Crippen LogP contribution is 2.31. The summed E-state index contributed by atoms with van der Waals surface area (Å²) in [6.45, 7) is 0. The summed E-state index contributed by atoms with van der Waals surface area (Å²) in [6.07, 6.45) is 4.98. The molecule has 0 aliphatic heterocycles. The minimum Gasteiger partial charge on any atom is -0.302 e. The van der Waals surface area contributed by atoms with Gasteiger partial charge in [-0.05, 0) is 36.8 Å². The van der Waals surface area contributed by atoms with Gasteiger partial charge in [-0.25, -0.2) is 4.98 Å². The largest absolute Gasteiger partial charge is 0.302 e. The Morgan fingerprint density at radius 1 is 0.962 bits per heavy atom. The molecule has 1 aliphatic rings. The maximum atomic E-state index is 12.7. The lowest BCUT2D eigenvalue weighted by Gasteiger charge is -2.17. The second-order valence-corrected chi connectivity index (χ2v) is 7.81. The Kier molecular flexibility index (Phi) is 5.12. The summed E-state index contributed by atoms with van der Waals surface area (Å²) < 4.78 is 0. The third kappa shape index (κ3) is 3.86. The summed E-state index contributed by atoms with van der Waals surface area (Å²) in [5.41, 5.74) is 3.50. The zero-order valence-electron chi connectivity index (χ0n) is 14.7. The minimum atomic E-state index is 0.0220. The number of rotatable bonds is 5. The Morgan fingerprint density at radius 2 is 1.58 bits per heavy atom. The van der Waals surface area contributed by atoms with Gasteiger partial charge in [0.05, 0.1) is 5.69 Å². The third-order valence-corrected chi connectivity index (χ3v) is 5.96. The summed E-state index contributed by atoms with van der Waals surface area (Å²) in [7, 11) is 0. The second-order valence-electron chi connectivity index (χ2n) is 6.72. The molecule has 0 bridgehead atoms. The van der Waals surface area contributed by atoms with Crippen molar-refractivity contribution in [3.05, 3.63) is 82.4 Å². The van der Waals surface area contributed by atoms with Crippen molar-refractivity contribution in [2.24, 2.45) is 0 Å². The normalized spacial score (nSPS) is 13.4. The van der Waals surface area contributed by atoms with Gasteiger partial charge in [0.25, 0.3) is 0 Å². The van der Waals surface area contributed by atoms with Crippen LogP contribution in [0.5, 0.6) is 0 Å². The molecule has 0 radical (unpaired) electrons. The fraction of sp³-hybridized carbons (Fsp3) is 0.273. The molecule has 0 spiro atoms. The molecule has 1 heterocycles. The summed E-state index contributed by atoms with van der Waals surface area (Å²) in [5, 5.41) is 3.79. The molecule has 1 aromatic heterocycles. The first-order valence-electron chi connectivity index (χ1n) is 9.18. The lowest BCUT2D eigenvalue weighted by atomic mass is 9.88. The van der Waals surface area contributed by atoms with Crippen LogP contribution in [0.1, 0.15) is 46.9 Å². The van der Waals surface area contributed by atoms with E-state index in [0.717, 1.165) is 29.1 Å². The molecule has 3 aromatic rings. The number of amides is 1. The number of anilines is 1. The SMILES string of the molecule is O=C(CC(c1ccccc1)c1ccccc1)Nc1nc2c(s1)CCCC2. The van der Waals surface area contributed by atoms with Gasteiger partial charge in [0.1, 0.15) is 0 Å². The van der Waals surface area contributed by atoms with E-state index < -0.39 is 0 Å². The molecule has 0 saturated heterocycles. The Hall–Kier alpha value is -2.46. The molecule has 132 valence electrons. The summed E-state index contributed by atoms with van der Waals surface area (Å²) >= 11 is 1.64. The molecule has 0 atom stereocenters. The highest BCUT2D eigenvalue weighted by Gasteiger charge is 2.20. The number of nitrogens with zero attached hydrogens (tertiary/aromatic N) is 1. The van der Waals surface area contributed by atoms with Crippen LogP contribution < -0.4 is 5.32 Å². The van der Waals surface area contributed by atoms with E-state index in [9.17, 15) is 4.79 Å². The summed E-state index contributed by atoms with van der Waals surface area (Å²) in [6, 6.07) is 20.5. The smallest absolute Gasteiger partial charge is 0.227 e. The van der Waals surface area contributed by atoms with Crippen molar-refractivity contribution >= 4 is 22.4 Å². The zero-order valence-corrected chi connectivity index (χ0v) is 15.5. The van der Waals surface area contributed by atoms with Crippen molar-refractivity contribution in [1.29, 1.82) is 0 Å². The van der Waals surface area contributed by atoms with Gasteiger partial charge in [-0.2, -0.15) is 0 Å². The number of aromatic nitrogens is 1. The molecular weight excluding hydrogens is 340 g/mol. The van der Waals surface area contributed by atoms with Crippen molar-refractivity contribution < 1.29 is 4.79 Å². The number of hydrogen-bond donors (Lipinski definition) is 1. The van der Waals surface area contributed by atoms with Crippen LogP contribution in [0.2, 0.25) is 0 Å². The molecular formula is C22H22N2OS. The van der Waals surface area contributed by atoms with Gasteiger partial charge in [0, 0.05) is 17.2 Å². The van der Waals surface area contributed by atoms with E-state index >= 15 is 0 Å². The van der Waals surface area contributed by atoms with Gasteiger partial charge in [-0.1, -0.05) is 60.7 Å². The maximum Gasteiger partial charge on any atom is 0.227 e. The summed E-state index contributed by atoms with van der Waals surface area (Å²) in [5.74, 6) is 0.0702. The number of carbonyl (C=O) groups excluding carboxylic acids is 1. The van der Waals surface area contributed by atoms with Crippen molar-refractivity contribution in [2.75, 3.05) is 5.32 Å². The van der Waals surface area contributed by atoms with E-state index in [1.165, 1.54) is 23.4 Å². The van der Waals surface area contributed by atoms with Crippen molar-refractivity contribution in [3.8, 4) is 0 Å². The molecule has 1 N–H and O–H groups in total. The van der Waals surface area contributed by atoms with E-state index in [1.54, 1.807) is 11.3 Å². The zero-order chi connectivity index (χ0) is 17.8. The molecule has 4 heteroatoms. The minimum absolute atomic E-state index is 0.0220. The van der Waals surface area contributed by atoms with E-state index in [4.69, 9.17) is 0 Å². The van der Waals surface area contributed by atoms with E-state index in [0.29, 0.717) is 6.42 Å². The van der Waals surface area contributed by atoms with Crippen molar-refractivity contribution in [3.63, 3.8) is 0 Å². The number of nitrogens with one attached hydrogen (secondary N) is 1. The molecule has 26 heavy (non-hydrogen) atoms. The number of fused-ring (bicyclic) bond motifs is 1. The number of benzene rings is 2. The van der Waals surface area contributed by atoms with Crippen LogP contribution >= 0.6 is 11.3 Å². The molecule has 2 aromatic carbocycles. The molecule has 0 unspecified atom stereocenters. The van der Waals surface area contributed by atoms with Crippen LogP contribution in [0.4, 0.5) is 5.13 Å². The lowest BCUT2D eigenvalue weighted by Crippen LogP contribution is -2.16. The fourth-order valence-electron chi connectivity index (χ4n) is 3.56. The van der Waals surface area contributed by atoms with Crippen LogP contribution in [0.15, 0.2) is 60.7 Å². The van der Waals surface area contributed by atoms with Gasteiger partial charge in [-0.3, -0.25) is 4.79 Å². The lowest BCUT2D eigenvalue weighted by molar-refractivity contribution is -0.116. The van der Waals surface area contributed by atoms with Crippen molar-refractivity contribution in [2.45, 2.75) is 38.0 Å². The van der Waals surface area contributed by atoms with Crippen LogP contribution in [-0.2, 0) is 17.6 Å². The third-order valence-electron chi connectivity index (χ3n) is 4.89. The predicted octanol–water partition coefficient (Wildman–Crippen LogP) is 5.18. The molecule has 0 fully saturated rings. The number of hydrogen-bond acceptors (Lipinski definition) is 3. The number of aryl methyl sites for hydroxylation is 2. The first-order chi connectivity index (χ1) is 12.8.